The second-order valence-corrected chi connectivity index (χ2v) is 5.73. The summed E-state index contributed by atoms with van der Waals surface area (Å²) in [6.07, 6.45) is 23.9. The van der Waals surface area contributed by atoms with Crippen LogP contribution in [0.3, 0.4) is 0 Å². The van der Waals surface area contributed by atoms with Gasteiger partial charge in [-0.1, -0.05) is 76.9 Å². The topological polar surface area (TPSA) is 26.0 Å². The fourth-order valence-corrected chi connectivity index (χ4v) is 2.39. The third-order valence-corrected chi connectivity index (χ3v) is 3.72. The molecule has 118 valence electrons. The van der Waals surface area contributed by atoms with E-state index in [1.54, 1.807) is 0 Å². The zero-order valence-corrected chi connectivity index (χ0v) is 13.3. The molecule has 2 N–H and O–H groups in total. The van der Waals surface area contributed by atoms with Crippen molar-refractivity contribution < 1.29 is 0 Å². The van der Waals surface area contributed by atoms with Crippen molar-refractivity contribution in [2.45, 2.75) is 96.8 Å². The molecule has 3 heteroatoms. The molecule has 21 heavy (non-hydrogen) atoms. The molecule has 0 aromatic rings. The molecule has 0 aliphatic carbocycles. The Labute approximate surface area is 178 Å². The summed E-state index contributed by atoms with van der Waals surface area (Å²) in [7, 11) is 0. The van der Waals surface area contributed by atoms with Gasteiger partial charge < -0.3 is 5.73 Å². The monoisotopic (exact) mass is 315 g/mol. The van der Waals surface area contributed by atoms with Crippen LogP contribution in [0.2, 0.25) is 0 Å². The van der Waals surface area contributed by atoms with Crippen molar-refractivity contribution in [2.24, 2.45) is 5.73 Å². The molecule has 0 unspecified atom stereocenters. The predicted octanol–water partition coefficient (Wildman–Crippen LogP) is 4.69. The van der Waals surface area contributed by atoms with Crippen molar-refractivity contribution in [3.8, 4) is 0 Å². The first-order valence-electron chi connectivity index (χ1n) is 8.77. The molecule has 0 fully saturated rings. The summed E-state index contributed by atoms with van der Waals surface area (Å²) in [6.45, 7) is 3.14. The summed E-state index contributed by atoms with van der Waals surface area (Å²) in [4.78, 5) is 0. The zero-order chi connectivity index (χ0) is 14.0. The van der Waals surface area contributed by atoms with E-state index < -0.39 is 0 Å². The molecule has 0 spiro atoms. The predicted molar refractivity (Wildman–Crippen MR) is 103 cm³/mol. The van der Waals surface area contributed by atoms with Crippen LogP contribution in [0.1, 0.15) is 96.8 Å². The van der Waals surface area contributed by atoms with Crippen LogP contribution < -0.4 is 5.73 Å². The molecule has 0 aromatic carbocycles. The van der Waals surface area contributed by atoms with E-state index in [0.717, 1.165) is 6.54 Å². The quantitative estimate of drug-likeness (QED) is 0.265. The maximum atomic E-state index is 5.47. The number of rotatable bonds is 15. The van der Waals surface area contributed by atoms with Crippen molar-refractivity contribution in [1.82, 2.24) is 0 Å². The minimum absolute atomic E-state index is 0. The van der Waals surface area contributed by atoms with Crippen LogP contribution in [0.5, 0.6) is 0 Å². The van der Waals surface area contributed by atoms with E-state index in [9.17, 15) is 0 Å². The second kappa shape index (κ2) is 26.6. The molecule has 0 amide bonds. The molecule has 0 bridgehead atoms. The van der Waals surface area contributed by atoms with Gasteiger partial charge in [0.2, 0.25) is 0 Å². The van der Waals surface area contributed by atoms with Crippen molar-refractivity contribution in [3.05, 3.63) is 12.2 Å². The number of allylic oxidation sites excluding steroid dienone is 2. The van der Waals surface area contributed by atoms with E-state index in [4.69, 9.17) is 5.73 Å². The summed E-state index contributed by atoms with van der Waals surface area (Å²) in [5.74, 6) is 0. The molecule has 0 aromatic heterocycles. The average molecular weight is 315 g/mol. The molecular formula is C18H39NNa2. The molecule has 0 aliphatic rings. The SMILES string of the molecule is CCCCCCCC/C=C\CCCCCCCCN.[NaH].[NaH]. The third kappa shape index (κ3) is 26.9. The fraction of sp³-hybridized carbons (Fsp3) is 0.889. The molecule has 0 heterocycles. The van der Waals surface area contributed by atoms with Crippen LogP contribution in [-0.2, 0) is 0 Å². The van der Waals surface area contributed by atoms with Gasteiger partial charge in [0, 0.05) is 0 Å². The van der Waals surface area contributed by atoms with Gasteiger partial charge in [-0.3, -0.25) is 0 Å². The Bertz CT molecular complexity index is 184. The Morgan fingerprint density at radius 3 is 1.38 bits per heavy atom. The van der Waals surface area contributed by atoms with Crippen LogP contribution in [0.25, 0.3) is 0 Å². The fourth-order valence-electron chi connectivity index (χ4n) is 2.39. The van der Waals surface area contributed by atoms with E-state index in [-0.39, 0.29) is 59.1 Å². The van der Waals surface area contributed by atoms with Crippen molar-refractivity contribution in [3.63, 3.8) is 0 Å². The van der Waals surface area contributed by atoms with E-state index in [0.29, 0.717) is 0 Å². The van der Waals surface area contributed by atoms with Gasteiger partial charge in [-0.05, 0) is 38.6 Å². The first kappa shape index (κ1) is 27.5. The van der Waals surface area contributed by atoms with Crippen LogP contribution in [-0.4, -0.2) is 65.7 Å². The normalized spacial score (nSPS) is 10.4. The standard InChI is InChI=1S/C18H37N.2Na.2H/c1-2-3-4-5-6-7-8-9-10-11-12-13-14-15-16-17-18-19;;;;/h9-10H,2-8,11-19H2,1H3;;;;/b10-9-;;;;. The van der Waals surface area contributed by atoms with E-state index in [1.807, 2.05) is 0 Å². The Kier molecular flexibility index (Phi) is 34.9. The Hall–Kier alpha value is 1.70. The van der Waals surface area contributed by atoms with Gasteiger partial charge in [-0.15, -0.1) is 0 Å². The van der Waals surface area contributed by atoms with Gasteiger partial charge in [0.05, 0.1) is 0 Å². The van der Waals surface area contributed by atoms with Gasteiger partial charge in [-0.2, -0.15) is 0 Å². The average Bonchev–Trinajstić information content (AvgIpc) is 2.43. The molecule has 0 radical (unpaired) electrons. The van der Waals surface area contributed by atoms with Gasteiger partial charge in [-0.25, -0.2) is 0 Å². The first-order chi connectivity index (χ1) is 9.41. The first-order valence-corrected chi connectivity index (χ1v) is 8.77. The molecule has 0 saturated heterocycles. The van der Waals surface area contributed by atoms with Crippen molar-refractivity contribution in [1.29, 1.82) is 0 Å². The van der Waals surface area contributed by atoms with Crippen molar-refractivity contribution in [2.75, 3.05) is 6.54 Å². The van der Waals surface area contributed by atoms with Gasteiger partial charge in [0.25, 0.3) is 0 Å². The summed E-state index contributed by atoms with van der Waals surface area (Å²) >= 11 is 0. The molecule has 1 nitrogen and oxygen atoms in total. The number of nitrogens with two attached hydrogens (primary N) is 1. The Morgan fingerprint density at radius 2 is 0.952 bits per heavy atom. The second-order valence-electron chi connectivity index (χ2n) is 5.73. The summed E-state index contributed by atoms with van der Waals surface area (Å²) in [6, 6.07) is 0. The minimum atomic E-state index is 0. The van der Waals surface area contributed by atoms with Gasteiger partial charge in [0.15, 0.2) is 0 Å². The Morgan fingerprint density at radius 1 is 0.571 bits per heavy atom. The van der Waals surface area contributed by atoms with Crippen LogP contribution in [0, 0.1) is 0 Å². The maximum absolute atomic E-state index is 5.47. The van der Waals surface area contributed by atoms with Crippen LogP contribution in [0.4, 0.5) is 0 Å². The summed E-state index contributed by atoms with van der Waals surface area (Å²) in [5, 5.41) is 0. The zero-order valence-electron chi connectivity index (χ0n) is 13.3. The van der Waals surface area contributed by atoms with Crippen molar-refractivity contribution >= 4 is 59.1 Å². The number of hydrogen-bond acceptors (Lipinski definition) is 1. The van der Waals surface area contributed by atoms with Gasteiger partial charge >= 0.3 is 59.1 Å². The number of unbranched alkanes of at least 4 members (excludes halogenated alkanes) is 12. The van der Waals surface area contributed by atoms with E-state index in [2.05, 4.69) is 19.1 Å². The Balaban J connectivity index is -0.00000162. The molecule has 0 aliphatic heterocycles. The van der Waals surface area contributed by atoms with Crippen LogP contribution in [0.15, 0.2) is 12.2 Å². The molecular weight excluding hydrogens is 276 g/mol. The molecule has 0 rings (SSSR count). The third-order valence-electron chi connectivity index (χ3n) is 3.72. The van der Waals surface area contributed by atoms with Gasteiger partial charge in [0.1, 0.15) is 0 Å². The van der Waals surface area contributed by atoms with Crippen LogP contribution >= 0.6 is 0 Å². The van der Waals surface area contributed by atoms with E-state index in [1.165, 1.54) is 89.9 Å². The molecule has 0 saturated carbocycles. The van der Waals surface area contributed by atoms with E-state index >= 15 is 0 Å². The molecule has 0 atom stereocenters. The summed E-state index contributed by atoms with van der Waals surface area (Å²) < 4.78 is 0. The number of hydrogen-bond donors (Lipinski definition) is 1. The summed E-state index contributed by atoms with van der Waals surface area (Å²) in [5.41, 5.74) is 5.47.